The van der Waals surface area contributed by atoms with Crippen molar-refractivity contribution in [3.05, 3.63) is 41.7 Å². The highest BCUT2D eigenvalue weighted by molar-refractivity contribution is 5.14. The van der Waals surface area contributed by atoms with E-state index in [1.807, 2.05) is 13.1 Å². The second kappa shape index (κ2) is 7.20. The summed E-state index contributed by atoms with van der Waals surface area (Å²) in [6.45, 7) is 11.7. The van der Waals surface area contributed by atoms with Gasteiger partial charge in [0.15, 0.2) is 0 Å². The van der Waals surface area contributed by atoms with Crippen LogP contribution in [0.3, 0.4) is 0 Å². The van der Waals surface area contributed by atoms with E-state index in [9.17, 15) is 0 Å². The number of nitrogens with zero attached hydrogens (tertiary/aromatic N) is 2. The van der Waals surface area contributed by atoms with E-state index in [0.717, 1.165) is 31.9 Å². The molecule has 0 aliphatic heterocycles. The molecule has 0 unspecified atom stereocenters. The van der Waals surface area contributed by atoms with Crippen LogP contribution in [0.4, 0.5) is 0 Å². The fraction of sp³-hybridized carbons (Fsp3) is 0.500. The van der Waals surface area contributed by atoms with Crippen molar-refractivity contribution < 1.29 is 0 Å². The summed E-state index contributed by atoms with van der Waals surface area (Å²) < 4.78 is 0. The largest absolute Gasteiger partial charge is 0.313 e. The van der Waals surface area contributed by atoms with Gasteiger partial charge in [0, 0.05) is 25.8 Å². The van der Waals surface area contributed by atoms with E-state index in [0.29, 0.717) is 0 Å². The molecule has 94 valence electrons. The zero-order chi connectivity index (χ0) is 12.7. The Morgan fingerprint density at radius 3 is 2.76 bits per heavy atom. The summed E-state index contributed by atoms with van der Waals surface area (Å²) in [7, 11) is 2.09. The second-order valence-corrected chi connectivity index (χ2v) is 4.57. The zero-order valence-corrected chi connectivity index (χ0v) is 11.2. The van der Waals surface area contributed by atoms with Crippen molar-refractivity contribution in [2.24, 2.45) is 0 Å². The van der Waals surface area contributed by atoms with E-state index in [-0.39, 0.29) is 0 Å². The van der Waals surface area contributed by atoms with Gasteiger partial charge in [0.2, 0.25) is 0 Å². The first-order valence-corrected chi connectivity index (χ1v) is 6.09. The van der Waals surface area contributed by atoms with Gasteiger partial charge in [-0.15, -0.1) is 0 Å². The molecule has 1 aromatic rings. The van der Waals surface area contributed by atoms with Gasteiger partial charge in [0.25, 0.3) is 0 Å². The summed E-state index contributed by atoms with van der Waals surface area (Å²) in [5.74, 6) is 0. The molecule has 17 heavy (non-hydrogen) atoms. The normalized spacial score (nSPS) is 10.8. The first kappa shape index (κ1) is 13.9. The monoisotopic (exact) mass is 233 g/mol. The Balaban J connectivity index is 2.47. The van der Waals surface area contributed by atoms with Crippen molar-refractivity contribution >= 4 is 0 Å². The third-order valence-electron chi connectivity index (χ3n) is 2.44. The molecule has 0 bridgehead atoms. The van der Waals surface area contributed by atoms with Gasteiger partial charge >= 0.3 is 0 Å². The van der Waals surface area contributed by atoms with E-state index in [4.69, 9.17) is 0 Å². The van der Waals surface area contributed by atoms with Gasteiger partial charge in [0.05, 0.1) is 5.69 Å². The molecular formula is C14H23N3. The molecule has 0 amide bonds. The first-order valence-electron chi connectivity index (χ1n) is 6.09. The minimum atomic E-state index is 0.869. The smallest absolute Gasteiger partial charge is 0.0544 e. The van der Waals surface area contributed by atoms with E-state index in [1.165, 1.54) is 11.1 Å². The SMILES string of the molecule is C=C(C)CN(C)Cc1ccc(CNCC)cn1. The molecule has 3 nitrogen and oxygen atoms in total. The fourth-order valence-electron chi connectivity index (χ4n) is 1.72. The van der Waals surface area contributed by atoms with Gasteiger partial charge in [-0.05, 0) is 32.1 Å². The zero-order valence-electron chi connectivity index (χ0n) is 11.2. The van der Waals surface area contributed by atoms with Crippen molar-refractivity contribution in [2.75, 3.05) is 20.1 Å². The van der Waals surface area contributed by atoms with Gasteiger partial charge < -0.3 is 5.32 Å². The Morgan fingerprint density at radius 1 is 1.47 bits per heavy atom. The minimum absolute atomic E-state index is 0.869. The van der Waals surface area contributed by atoms with Crippen molar-refractivity contribution in [3.8, 4) is 0 Å². The molecule has 0 aliphatic carbocycles. The van der Waals surface area contributed by atoms with Crippen LogP contribution in [0.1, 0.15) is 25.1 Å². The second-order valence-electron chi connectivity index (χ2n) is 4.57. The highest BCUT2D eigenvalue weighted by Gasteiger charge is 2.01. The van der Waals surface area contributed by atoms with E-state index in [2.05, 4.69) is 47.9 Å². The topological polar surface area (TPSA) is 28.2 Å². The summed E-state index contributed by atoms with van der Waals surface area (Å²) in [4.78, 5) is 6.68. The van der Waals surface area contributed by atoms with E-state index < -0.39 is 0 Å². The molecule has 0 saturated carbocycles. The minimum Gasteiger partial charge on any atom is -0.313 e. The molecule has 1 aromatic heterocycles. The van der Waals surface area contributed by atoms with Crippen molar-refractivity contribution in [1.29, 1.82) is 0 Å². The maximum atomic E-state index is 4.47. The summed E-state index contributed by atoms with van der Waals surface area (Å²) in [5, 5.41) is 3.29. The number of nitrogens with one attached hydrogen (secondary N) is 1. The Morgan fingerprint density at radius 2 is 2.24 bits per heavy atom. The molecule has 0 spiro atoms. The molecule has 1 heterocycles. The first-order chi connectivity index (χ1) is 8.11. The Kier molecular flexibility index (Phi) is 5.87. The van der Waals surface area contributed by atoms with Gasteiger partial charge in [0.1, 0.15) is 0 Å². The molecule has 0 saturated heterocycles. The van der Waals surface area contributed by atoms with Crippen LogP contribution in [-0.2, 0) is 13.1 Å². The Hall–Kier alpha value is -1.19. The van der Waals surface area contributed by atoms with Gasteiger partial charge in [-0.1, -0.05) is 25.1 Å². The Bertz CT molecular complexity index is 343. The van der Waals surface area contributed by atoms with Crippen LogP contribution in [-0.4, -0.2) is 30.0 Å². The lowest BCUT2D eigenvalue weighted by atomic mass is 10.2. The number of hydrogen-bond donors (Lipinski definition) is 1. The molecule has 3 heteroatoms. The number of likely N-dealkylation sites (N-methyl/N-ethyl adjacent to an activating group) is 1. The van der Waals surface area contributed by atoms with Crippen LogP contribution < -0.4 is 5.32 Å². The predicted molar refractivity (Wildman–Crippen MR) is 72.8 cm³/mol. The fourth-order valence-corrected chi connectivity index (χ4v) is 1.72. The van der Waals surface area contributed by atoms with E-state index in [1.54, 1.807) is 0 Å². The maximum absolute atomic E-state index is 4.47. The van der Waals surface area contributed by atoms with Crippen LogP contribution in [0.25, 0.3) is 0 Å². The molecule has 0 fully saturated rings. The summed E-state index contributed by atoms with van der Waals surface area (Å²) in [5.41, 5.74) is 3.52. The van der Waals surface area contributed by atoms with Crippen LogP contribution in [0.2, 0.25) is 0 Å². The lowest BCUT2D eigenvalue weighted by molar-refractivity contribution is 0.351. The standard InChI is InChI=1S/C14H23N3/c1-5-15-8-13-6-7-14(16-9-13)11-17(4)10-12(2)3/h6-7,9,15H,2,5,8,10-11H2,1,3-4H3. The lowest BCUT2D eigenvalue weighted by Gasteiger charge is -2.16. The molecule has 0 radical (unpaired) electrons. The highest BCUT2D eigenvalue weighted by atomic mass is 15.1. The van der Waals surface area contributed by atoms with Gasteiger partial charge in [-0.2, -0.15) is 0 Å². The molecule has 1 rings (SSSR count). The molecule has 0 atom stereocenters. The number of pyridine rings is 1. The third-order valence-corrected chi connectivity index (χ3v) is 2.44. The molecule has 0 aliphatic rings. The van der Waals surface area contributed by atoms with Gasteiger partial charge in [-0.3, -0.25) is 9.88 Å². The van der Waals surface area contributed by atoms with Gasteiger partial charge in [-0.25, -0.2) is 0 Å². The summed E-state index contributed by atoms with van der Waals surface area (Å²) in [6, 6.07) is 4.24. The quantitative estimate of drug-likeness (QED) is 0.732. The average molecular weight is 233 g/mol. The van der Waals surface area contributed by atoms with E-state index >= 15 is 0 Å². The van der Waals surface area contributed by atoms with Crippen LogP contribution in [0.5, 0.6) is 0 Å². The summed E-state index contributed by atoms with van der Waals surface area (Å²) in [6.07, 6.45) is 1.95. The third kappa shape index (κ3) is 5.61. The van der Waals surface area contributed by atoms with Crippen LogP contribution in [0, 0.1) is 0 Å². The van der Waals surface area contributed by atoms with Crippen molar-refractivity contribution in [1.82, 2.24) is 15.2 Å². The lowest BCUT2D eigenvalue weighted by Crippen LogP contribution is -2.20. The van der Waals surface area contributed by atoms with Crippen molar-refractivity contribution in [2.45, 2.75) is 26.9 Å². The van der Waals surface area contributed by atoms with Crippen LogP contribution >= 0.6 is 0 Å². The molecular weight excluding hydrogens is 210 g/mol. The Labute approximate surface area is 105 Å². The van der Waals surface area contributed by atoms with Crippen molar-refractivity contribution in [3.63, 3.8) is 0 Å². The van der Waals surface area contributed by atoms with Crippen LogP contribution in [0.15, 0.2) is 30.5 Å². The molecule has 1 N–H and O–H groups in total. The number of rotatable bonds is 7. The summed E-state index contributed by atoms with van der Waals surface area (Å²) >= 11 is 0. The highest BCUT2D eigenvalue weighted by Crippen LogP contribution is 2.04. The molecule has 0 aromatic carbocycles. The predicted octanol–water partition coefficient (Wildman–Crippen LogP) is 2.20. The average Bonchev–Trinajstić information content (AvgIpc) is 2.27. The maximum Gasteiger partial charge on any atom is 0.0544 e. The number of aromatic nitrogens is 1. The number of hydrogen-bond acceptors (Lipinski definition) is 3.